The molecule has 1 amide bonds. The average Bonchev–Trinajstić information content (AvgIpc) is 2.53. The SMILES string of the molecule is C#CCOCCC(=O)NC1CCN(C2CCCCC2O)CC1. The van der Waals surface area contributed by atoms with Crippen LogP contribution in [0.15, 0.2) is 0 Å². The lowest BCUT2D eigenvalue weighted by molar-refractivity contribution is -0.123. The van der Waals surface area contributed by atoms with Gasteiger partial charge in [-0.15, -0.1) is 6.42 Å². The van der Waals surface area contributed by atoms with Gasteiger partial charge in [-0.3, -0.25) is 9.69 Å². The minimum absolute atomic E-state index is 0.0353. The minimum atomic E-state index is -0.173. The van der Waals surface area contributed by atoms with E-state index in [2.05, 4.69) is 16.1 Å². The summed E-state index contributed by atoms with van der Waals surface area (Å²) in [5, 5.41) is 13.2. The number of hydrogen-bond acceptors (Lipinski definition) is 4. The fourth-order valence-electron chi connectivity index (χ4n) is 3.49. The zero-order valence-electron chi connectivity index (χ0n) is 13.3. The molecule has 1 aliphatic heterocycles. The van der Waals surface area contributed by atoms with Crippen LogP contribution >= 0.6 is 0 Å². The zero-order chi connectivity index (χ0) is 15.8. The molecule has 2 aliphatic rings. The molecule has 124 valence electrons. The van der Waals surface area contributed by atoms with E-state index in [1.807, 2.05) is 0 Å². The molecular formula is C17H28N2O3. The van der Waals surface area contributed by atoms with E-state index in [-0.39, 0.29) is 24.7 Å². The third kappa shape index (κ3) is 5.28. The van der Waals surface area contributed by atoms with Crippen LogP contribution in [-0.2, 0) is 9.53 Å². The Hall–Kier alpha value is -1.09. The number of hydrogen-bond donors (Lipinski definition) is 2. The van der Waals surface area contributed by atoms with Gasteiger partial charge < -0.3 is 15.2 Å². The predicted octanol–water partition coefficient (Wildman–Crippen LogP) is 0.910. The van der Waals surface area contributed by atoms with E-state index in [1.165, 1.54) is 6.42 Å². The molecule has 22 heavy (non-hydrogen) atoms. The molecular weight excluding hydrogens is 280 g/mol. The predicted molar refractivity (Wildman–Crippen MR) is 85.3 cm³/mol. The van der Waals surface area contributed by atoms with Crippen molar-refractivity contribution >= 4 is 5.91 Å². The molecule has 0 aromatic heterocycles. The summed E-state index contributed by atoms with van der Waals surface area (Å²) in [6, 6.07) is 0.569. The first kappa shape index (κ1) is 17.3. The molecule has 5 heteroatoms. The maximum absolute atomic E-state index is 11.8. The Kier molecular flexibility index (Phi) is 7.17. The van der Waals surface area contributed by atoms with Gasteiger partial charge in [0.05, 0.1) is 19.1 Å². The standard InChI is InChI=1S/C17H28N2O3/c1-2-12-22-13-9-17(21)18-14-7-10-19(11-8-14)15-5-3-4-6-16(15)20/h1,14-16,20H,3-13H2,(H,18,21). The molecule has 0 radical (unpaired) electrons. The van der Waals surface area contributed by atoms with Gasteiger partial charge in [0.25, 0.3) is 0 Å². The maximum Gasteiger partial charge on any atom is 0.222 e. The van der Waals surface area contributed by atoms with Crippen LogP contribution in [0.5, 0.6) is 0 Å². The highest BCUT2D eigenvalue weighted by Crippen LogP contribution is 2.25. The Morgan fingerprint density at radius 3 is 2.68 bits per heavy atom. The third-order valence-corrected chi connectivity index (χ3v) is 4.72. The molecule has 0 bridgehead atoms. The smallest absolute Gasteiger partial charge is 0.222 e. The van der Waals surface area contributed by atoms with Crippen LogP contribution in [0.1, 0.15) is 44.9 Å². The van der Waals surface area contributed by atoms with Crippen molar-refractivity contribution in [1.29, 1.82) is 0 Å². The second-order valence-electron chi connectivity index (χ2n) is 6.30. The molecule has 0 spiro atoms. The highest BCUT2D eigenvalue weighted by Gasteiger charge is 2.31. The topological polar surface area (TPSA) is 61.8 Å². The first-order valence-corrected chi connectivity index (χ1v) is 8.43. The number of amides is 1. The molecule has 1 saturated carbocycles. The summed E-state index contributed by atoms with van der Waals surface area (Å²) in [6.45, 7) is 2.55. The Bertz CT molecular complexity index is 386. The van der Waals surface area contributed by atoms with Gasteiger partial charge in [0.1, 0.15) is 6.61 Å². The summed E-state index contributed by atoms with van der Waals surface area (Å²) in [6.07, 6.45) is 11.6. The van der Waals surface area contributed by atoms with E-state index in [1.54, 1.807) is 0 Å². The number of terminal acetylenes is 1. The molecule has 2 unspecified atom stereocenters. The number of nitrogens with zero attached hydrogens (tertiary/aromatic N) is 1. The molecule has 5 nitrogen and oxygen atoms in total. The summed E-state index contributed by atoms with van der Waals surface area (Å²) >= 11 is 0. The molecule has 0 aromatic carbocycles. The second kappa shape index (κ2) is 9.14. The van der Waals surface area contributed by atoms with Gasteiger partial charge in [-0.25, -0.2) is 0 Å². The normalized spacial score (nSPS) is 27.3. The summed E-state index contributed by atoms with van der Waals surface area (Å²) in [5.74, 6) is 2.42. The number of likely N-dealkylation sites (tertiary alicyclic amines) is 1. The highest BCUT2D eigenvalue weighted by atomic mass is 16.5. The van der Waals surface area contributed by atoms with Crippen LogP contribution in [0, 0.1) is 12.3 Å². The van der Waals surface area contributed by atoms with Crippen LogP contribution < -0.4 is 5.32 Å². The van der Waals surface area contributed by atoms with Crippen LogP contribution in [0.2, 0.25) is 0 Å². The Morgan fingerprint density at radius 2 is 2.00 bits per heavy atom. The van der Waals surface area contributed by atoms with E-state index >= 15 is 0 Å². The van der Waals surface area contributed by atoms with Gasteiger partial charge in [0.15, 0.2) is 0 Å². The van der Waals surface area contributed by atoms with Crippen LogP contribution in [0.3, 0.4) is 0 Å². The highest BCUT2D eigenvalue weighted by molar-refractivity contribution is 5.76. The summed E-state index contributed by atoms with van der Waals surface area (Å²) < 4.78 is 5.12. The molecule has 0 aromatic rings. The number of aliphatic hydroxyl groups is 1. The molecule has 1 saturated heterocycles. The van der Waals surface area contributed by atoms with E-state index in [0.29, 0.717) is 19.1 Å². The van der Waals surface area contributed by atoms with E-state index < -0.39 is 0 Å². The van der Waals surface area contributed by atoms with Crippen molar-refractivity contribution in [2.75, 3.05) is 26.3 Å². The Balaban J connectivity index is 1.64. The van der Waals surface area contributed by atoms with Gasteiger partial charge in [0, 0.05) is 25.2 Å². The number of aliphatic hydroxyl groups excluding tert-OH is 1. The number of rotatable bonds is 6. The van der Waals surface area contributed by atoms with Crippen molar-refractivity contribution in [3.8, 4) is 12.3 Å². The molecule has 1 aliphatic carbocycles. The lowest BCUT2D eigenvalue weighted by Gasteiger charge is -2.41. The van der Waals surface area contributed by atoms with Crippen LogP contribution in [-0.4, -0.2) is 60.4 Å². The molecule has 1 heterocycles. The van der Waals surface area contributed by atoms with Crippen molar-refractivity contribution in [2.24, 2.45) is 0 Å². The van der Waals surface area contributed by atoms with Gasteiger partial charge in [-0.05, 0) is 25.7 Å². The second-order valence-corrected chi connectivity index (χ2v) is 6.30. The van der Waals surface area contributed by atoms with Gasteiger partial charge >= 0.3 is 0 Å². The number of carbonyl (C=O) groups excluding carboxylic acids is 1. The monoisotopic (exact) mass is 308 g/mol. The fraction of sp³-hybridized carbons (Fsp3) is 0.824. The largest absolute Gasteiger partial charge is 0.391 e. The molecule has 2 fully saturated rings. The van der Waals surface area contributed by atoms with Crippen molar-refractivity contribution < 1.29 is 14.6 Å². The molecule has 2 atom stereocenters. The number of piperidine rings is 1. The summed E-state index contributed by atoms with van der Waals surface area (Å²) in [4.78, 5) is 14.2. The summed E-state index contributed by atoms with van der Waals surface area (Å²) in [7, 11) is 0. The van der Waals surface area contributed by atoms with Crippen molar-refractivity contribution in [2.45, 2.75) is 63.1 Å². The number of carbonyl (C=O) groups is 1. The lowest BCUT2D eigenvalue weighted by atomic mass is 9.89. The quantitative estimate of drug-likeness (QED) is 0.566. The summed E-state index contributed by atoms with van der Waals surface area (Å²) in [5.41, 5.74) is 0. The number of ether oxygens (including phenoxy) is 1. The maximum atomic E-state index is 11.8. The van der Waals surface area contributed by atoms with Crippen LogP contribution in [0.25, 0.3) is 0 Å². The van der Waals surface area contributed by atoms with Crippen LogP contribution in [0.4, 0.5) is 0 Å². The zero-order valence-corrected chi connectivity index (χ0v) is 13.3. The van der Waals surface area contributed by atoms with Crippen molar-refractivity contribution in [3.05, 3.63) is 0 Å². The first-order valence-electron chi connectivity index (χ1n) is 8.43. The molecule has 2 N–H and O–H groups in total. The Labute approximate surface area is 133 Å². The fourth-order valence-corrected chi connectivity index (χ4v) is 3.49. The molecule has 2 rings (SSSR count). The number of nitrogens with one attached hydrogen (secondary N) is 1. The minimum Gasteiger partial charge on any atom is -0.391 e. The Morgan fingerprint density at radius 1 is 1.27 bits per heavy atom. The van der Waals surface area contributed by atoms with Gasteiger partial charge in [0.2, 0.25) is 5.91 Å². The van der Waals surface area contributed by atoms with Crippen molar-refractivity contribution in [1.82, 2.24) is 10.2 Å². The van der Waals surface area contributed by atoms with Gasteiger partial charge in [-0.2, -0.15) is 0 Å². The van der Waals surface area contributed by atoms with Gasteiger partial charge in [-0.1, -0.05) is 18.8 Å². The van der Waals surface area contributed by atoms with E-state index in [4.69, 9.17) is 11.2 Å². The van der Waals surface area contributed by atoms with E-state index in [0.717, 1.165) is 45.2 Å². The third-order valence-electron chi connectivity index (χ3n) is 4.72. The van der Waals surface area contributed by atoms with E-state index in [9.17, 15) is 9.90 Å². The first-order chi connectivity index (χ1) is 10.7. The average molecular weight is 308 g/mol. The lowest BCUT2D eigenvalue weighted by Crippen LogP contribution is -2.52. The van der Waals surface area contributed by atoms with Crippen molar-refractivity contribution in [3.63, 3.8) is 0 Å².